The summed E-state index contributed by atoms with van der Waals surface area (Å²) in [5, 5.41) is 3.28. The SMILES string of the molecule is CCn1cncc1Cn1cnc(CNCCOC)c1. The van der Waals surface area contributed by atoms with Gasteiger partial charge in [-0.05, 0) is 6.92 Å². The minimum absolute atomic E-state index is 0.719. The summed E-state index contributed by atoms with van der Waals surface area (Å²) in [5.74, 6) is 0. The molecule has 1 N–H and O–H groups in total. The molecule has 0 amide bonds. The molecule has 2 heterocycles. The van der Waals surface area contributed by atoms with E-state index in [-0.39, 0.29) is 0 Å². The number of methoxy groups -OCH3 is 1. The Kier molecular flexibility index (Phi) is 5.11. The Hall–Kier alpha value is -1.66. The van der Waals surface area contributed by atoms with E-state index in [2.05, 4.69) is 37.5 Å². The van der Waals surface area contributed by atoms with Crippen molar-refractivity contribution < 1.29 is 4.74 Å². The molecule has 0 aromatic carbocycles. The molecule has 0 aliphatic carbocycles. The number of aryl methyl sites for hydroxylation is 1. The van der Waals surface area contributed by atoms with Crippen molar-refractivity contribution in [2.24, 2.45) is 0 Å². The molecule has 0 bridgehead atoms. The van der Waals surface area contributed by atoms with E-state index in [9.17, 15) is 0 Å². The molecule has 0 aliphatic rings. The monoisotopic (exact) mass is 263 g/mol. The molecule has 0 saturated heterocycles. The molecule has 2 aromatic heterocycles. The van der Waals surface area contributed by atoms with Crippen molar-refractivity contribution in [3.05, 3.63) is 36.4 Å². The molecule has 0 atom stereocenters. The maximum atomic E-state index is 4.98. The lowest BCUT2D eigenvalue weighted by Crippen LogP contribution is -2.18. The molecule has 0 spiro atoms. The lowest BCUT2D eigenvalue weighted by atomic mass is 10.4. The normalized spacial score (nSPS) is 11.1. The number of ether oxygens (including phenoxy) is 1. The van der Waals surface area contributed by atoms with Crippen LogP contribution in [0.4, 0.5) is 0 Å². The van der Waals surface area contributed by atoms with E-state index in [0.717, 1.165) is 38.5 Å². The van der Waals surface area contributed by atoms with Gasteiger partial charge in [0.15, 0.2) is 0 Å². The number of nitrogens with one attached hydrogen (secondary N) is 1. The number of hydrogen-bond donors (Lipinski definition) is 1. The lowest BCUT2D eigenvalue weighted by molar-refractivity contribution is 0.199. The topological polar surface area (TPSA) is 56.9 Å². The lowest BCUT2D eigenvalue weighted by Gasteiger charge is -2.05. The Morgan fingerprint density at radius 2 is 2.26 bits per heavy atom. The van der Waals surface area contributed by atoms with Crippen LogP contribution in [0.5, 0.6) is 0 Å². The van der Waals surface area contributed by atoms with E-state index >= 15 is 0 Å². The molecule has 2 rings (SSSR count). The van der Waals surface area contributed by atoms with Crippen LogP contribution in [0.1, 0.15) is 18.3 Å². The molecule has 0 radical (unpaired) electrons. The first-order valence-electron chi connectivity index (χ1n) is 6.52. The Balaban J connectivity index is 1.87. The predicted octanol–water partition coefficient (Wildman–Crippen LogP) is 0.884. The molecule has 19 heavy (non-hydrogen) atoms. The zero-order valence-electron chi connectivity index (χ0n) is 11.5. The fourth-order valence-electron chi connectivity index (χ4n) is 1.93. The fraction of sp³-hybridized carbons (Fsp3) is 0.538. The second kappa shape index (κ2) is 7.06. The highest BCUT2D eigenvalue weighted by atomic mass is 16.5. The second-order valence-corrected chi connectivity index (χ2v) is 4.38. The summed E-state index contributed by atoms with van der Waals surface area (Å²) in [4.78, 5) is 8.55. The minimum Gasteiger partial charge on any atom is -0.383 e. The molecule has 6 heteroatoms. The maximum Gasteiger partial charge on any atom is 0.0953 e. The molecule has 0 aliphatic heterocycles. The second-order valence-electron chi connectivity index (χ2n) is 4.38. The average molecular weight is 263 g/mol. The molecule has 6 nitrogen and oxygen atoms in total. The van der Waals surface area contributed by atoms with Crippen LogP contribution in [-0.4, -0.2) is 39.4 Å². The molecule has 0 saturated carbocycles. The quantitative estimate of drug-likeness (QED) is 0.718. The van der Waals surface area contributed by atoms with E-state index in [1.165, 1.54) is 5.69 Å². The fourth-order valence-corrected chi connectivity index (χ4v) is 1.93. The Bertz CT molecular complexity index is 491. The largest absolute Gasteiger partial charge is 0.383 e. The van der Waals surface area contributed by atoms with Crippen LogP contribution >= 0.6 is 0 Å². The van der Waals surface area contributed by atoms with Crippen LogP contribution in [0, 0.1) is 0 Å². The maximum absolute atomic E-state index is 4.98. The standard InChI is InChI=1S/C13H21N5O/c1-3-18-10-15-7-13(18)9-17-8-12(16-11-17)6-14-4-5-19-2/h7-8,10-11,14H,3-6,9H2,1-2H3. The van der Waals surface area contributed by atoms with Gasteiger partial charge in [0.1, 0.15) is 0 Å². The molecule has 0 unspecified atom stereocenters. The summed E-state index contributed by atoms with van der Waals surface area (Å²) in [7, 11) is 1.70. The van der Waals surface area contributed by atoms with Gasteiger partial charge in [0.2, 0.25) is 0 Å². The minimum atomic E-state index is 0.719. The highest BCUT2D eigenvalue weighted by molar-refractivity contribution is 5.03. The first-order valence-corrected chi connectivity index (χ1v) is 6.52. The summed E-state index contributed by atoms with van der Waals surface area (Å²) in [6.07, 6.45) is 7.69. The van der Waals surface area contributed by atoms with Crippen LogP contribution < -0.4 is 5.32 Å². The van der Waals surface area contributed by atoms with Crippen LogP contribution in [0.3, 0.4) is 0 Å². The highest BCUT2D eigenvalue weighted by Gasteiger charge is 2.03. The van der Waals surface area contributed by atoms with Crippen LogP contribution in [0.15, 0.2) is 25.0 Å². The van der Waals surface area contributed by atoms with Crippen molar-refractivity contribution in [3.63, 3.8) is 0 Å². The van der Waals surface area contributed by atoms with Gasteiger partial charge >= 0.3 is 0 Å². The Labute approximate surface area is 113 Å². The van der Waals surface area contributed by atoms with E-state index in [0.29, 0.717) is 0 Å². The number of rotatable bonds is 8. The molecule has 104 valence electrons. The molecular weight excluding hydrogens is 242 g/mol. The summed E-state index contributed by atoms with van der Waals surface area (Å²) in [5.41, 5.74) is 2.23. The van der Waals surface area contributed by atoms with E-state index in [4.69, 9.17) is 4.74 Å². The van der Waals surface area contributed by atoms with Crippen molar-refractivity contribution in [1.29, 1.82) is 0 Å². The highest BCUT2D eigenvalue weighted by Crippen LogP contribution is 2.04. The third-order valence-corrected chi connectivity index (χ3v) is 2.96. The van der Waals surface area contributed by atoms with Gasteiger partial charge in [-0.15, -0.1) is 0 Å². The van der Waals surface area contributed by atoms with E-state index in [1.54, 1.807) is 7.11 Å². The summed E-state index contributed by atoms with van der Waals surface area (Å²) in [6, 6.07) is 0. The van der Waals surface area contributed by atoms with Gasteiger partial charge in [-0.3, -0.25) is 0 Å². The van der Waals surface area contributed by atoms with Crippen LogP contribution in [-0.2, 0) is 24.4 Å². The van der Waals surface area contributed by atoms with Gasteiger partial charge in [-0.2, -0.15) is 0 Å². The van der Waals surface area contributed by atoms with Crippen LogP contribution in [0.2, 0.25) is 0 Å². The molecular formula is C13H21N5O. The Morgan fingerprint density at radius 1 is 1.37 bits per heavy atom. The average Bonchev–Trinajstić information content (AvgIpc) is 3.04. The zero-order chi connectivity index (χ0) is 13.5. The third-order valence-electron chi connectivity index (χ3n) is 2.96. The number of aromatic nitrogens is 4. The van der Waals surface area contributed by atoms with Crippen LogP contribution in [0.25, 0.3) is 0 Å². The number of hydrogen-bond acceptors (Lipinski definition) is 4. The third kappa shape index (κ3) is 3.90. The summed E-state index contributed by atoms with van der Waals surface area (Å²) in [6.45, 7) is 6.18. The van der Waals surface area contributed by atoms with Gasteiger partial charge in [-0.1, -0.05) is 0 Å². The van der Waals surface area contributed by atoms with Crippen molar-refractivity contribution >= 4 is 0 Å². The van der Waals surface area contributed by atoms with Gasteiger partial charge in [-0.25, -0.2) is 9.97 Å². The summed E-state index contributed by atoms with van der Waals surface area (Å²) >= 11 is 0. The predicted molar refractivity (Wildman–Crippen MR) is 72.8 cm³/mol. The van der Waals surface area contributed by atoms with Crippen molar-refractivity contribution in [2.45, 2.75) is 26.6 Å². The van der Waals surface area contributed by atoms with E-state index in [1.807, 2.05) is 18.9 Å². The van der Waals surface area contributed by atoms with Gasteiger partial charge in [0.05, 0.1) is 37.2 Å². The first-order chi connectivity index (χ1) is 9.33. The smallest absolute Gasteiger partial charge is 0.0953 e. The Morgan fingerprint density at radius 3 is 3.05 bits per heavy atom. The van der Waals surface area contributed by atoms with Crippen molar-refractivity contribution in [2.75, 3.05) is 20.3 Å². The van der Waals surface area contributed by atoms with Gasteiger partial charge in [0.25, 0.3) is 0 Å². The zero-order valence-corrected chi connectivity index (χ0v) is 11.5. The number of imidazole rings is 2. The van der Waals surface area contributed by atoms with Crippen molar-refractivity contribution in [3.8, 4) is 0 Å². The molecule has 2 aromatic rings. The summed E-state index contributed by atoms with van der Waals surface area (Å²) < 4.78 is 9.20. The number of nitrogens with zero attached hydrogens (tertiary/aromatic N) is 4. The molecule has 0 fully saturated rings. The first kappa shape index (κ1) is 13.8. The van der Waals surface area contributed by atoms with Gasteiger partial charge in [0, 0.05) is 39.1 Å². The van der Waals surface area contributed by atoms with Crippen molar-refractivity contribution in [1.82, 2.24) is 24.4 Å². The van der Waals surface area contributed by atoms with Gasteiger partial charge < -0.3 is 19.2 Å². The van der Waals surface area contributed by atoms with E-state index < -0.39 is 0 Å².